The number of amides is 2. The molecule has 0 fully saturated rings. The second-order valence-electron chi connectivity index (χ2n) is 5.96. The zero-order chi connectivity index (χ0) is 17.1. The van der Waals surface area contributed by atoms with E-state index in [2.05, 4.69) is 10.6 Å². The number of ether oxygens (including phenoxy) is 1. The molecule has 24 heavy (non-hydrogen) atoms. The van der Waals surface area contributed by atoms with Crippen molar-refractivity contribution < 1.29 is 14.3 Å². The van der Waals surface area contributed by atoms with E-state index in [0.717, 1.165) is 22.4 Å². The van der Waals surface area contributed by atoms with Crippen LogP contribution in [0.15, 0.2) is 36.4 Å². The monoisotopic (exact) mass is 324 g/mol. The zero-order valence-corrected chi connectivity index (χ0v) is 13.8. The molecule has 1 aliphatic heterocycles. The van der Waals surface area contributed by atoms with Gasteiger partial charge in [0.2, 0.25) is 5.91 Å². The number of carbonyl (C=O) groups is 2. The molecule has 2 aromatic rings. The number of hydrogen-bond acceptors (Lipinski definition) is 3. The van der Waals surface area contributed by atoms with E-state index in [1.54, 1.807) is 0 Å². The Morgan fingerprint density at radius 2 is 2.08 bits per heavy atom. The van der Waals surface area contributed by atoms with Gasteiger partial charge in [-0.25, -0.2) is 0 Å². The smallest absolute Gasteiger partial charge is 0.262 e. The van der Waals surface area contributed by atoms with Gasteiger partial charge in [0.25, 0.3) is 5.91 Å². The Kier molecular flexibility index (Phi) is 4.51. The van der Waals surface area contributed by atoms with Crippen LogP contribution >= 0.6 is 0 Å². The summed E-state index contributed by atoms with van der Waals surface area (Å²) in [4.78, 5) is 23.6. The summed E-state index contributed by atoms with van der Waals surface area (Å²) in [6, 6.07) is 11.5. The van der Waals surface area contributed by atoms with Crippen LogP contribution in [0.25, 0.3) is 0 Å². The third-order valence-electron chi connectivity index (χ3n) is 4.20. The number of benzene rings is 2. The average Bonchev–Trinajstić information content (AvgIpc) is 2.57. The van der Waals surface area contributed by atoms with Gasteiger partial charge in [-0.2, -0.15) is 0 Å². The largest absolute Gasteiger partial charge is 0.482 e. The van der Waals surface area contributed by atoms with Gasteiger partial charge in [0.15, 0.2) is 6.61 Å². The van der Waals surface area contributed by atoms with Gasteiger partial charge >= 0.3 is 0 Å². The molecule has 1 aliphatic rings. The van der Waals surface area contributed by atoms with E-state index in [1.807, 2.05) is 50.2 Å². The van der Waals surface area contributed by atoms with Gasteiger partial charge in [-0.05, 0) is 55.2 Å². The first-order valence-corrected chi connectivity index (χ1v) is 7.94. The van der Waals surface area contributed by atoms with Crippen molar-refractivity contribution >= 4 is 23.2 Å². The van der Waals surface area contributed by atoms with Crippen molar-refractivity contribution in [3.05, 3.63) is 53.1 Å². The number of nitrogens with one attached hydrogen (secondary N) is 2. The average molecular weight is 324 g/mol. The fourth-order valence-electron chi connectivity index (χ4n) is 2.64. The molecule has 1 heterocycles. The second kappa shape index (κ2) is 6.74. The number of carbonyl (C=O) groups excluding carboxylic acids is 2. The lowest BCUT2D eigenvalue weighted by molar-refractivity contribution is -0.118. The summed E-state index contributed by atoms with van der Waals surface area (Å²) in [6.07, 6.45) is 0.973. The van der Waals surface area contributed by atoms with Crippen LogP contribution in [-0.4, -0.2) is 18.4 Å². The topological polar surface area (TPSA) is 67.4 Å². The summed E-state index contributed by atoms with van der Waals surface area (Å²) in [6.45, 7) is 4.07. The van der Waals surface area contributed by atoms with Crippen molar-refractivity contribution in [3.63, 3.8) is 0 Å². The van der Waals surface area contributed by atoms with Crippen LogP contribution in [0.2, 0.25) is 0 Å². The molecule has 0 spiro atoms. The van der Waals surface area contributed by atoms with Crippen molar-refractivity contribution in [2.75, 3.05) is 17.2 Å². The van der Waals surface area contributed by atoms with Crippen molar-refractivity contribution in [2.24, 2.45) is 0 Å². The Morgan fingerprint density at radius 3 is 2.92 bits per heavy atom. The van der Waals surface area contributed by atoms with Crippen LogP contribution in [0.3, 0.4) is 0 Å². The molecule has 0 saturated heterocycles. The van der Waals surface area contributed by atoms with Crippen molar-refractivity contribution in [1.82, 2.24) is 0 Å². The molecule has 5 heteroatoms. The maximum Gasteiger partial charge on any atom is 0.262 e. The van der Waals surface area contributed by atoms with Crippen LogP contribution in [0.5, 0.6) is 5.75 Å². The molecule has 2 amide bonds. The molecule has 0 aliphatic carbocycles. The minimum Gasteiger partial charge on any atom is -0.482 e. The predicted molar refractivity (Wildman–Crippen MR) is 93.4 cm³/mol. The van der Waals surface area contributed by atoms with Crippen molar-refractivity contribution in [1.29, 1.82) is 0 Å². The third kappa shape index (κ3) is 3.56. The fourth-order valence-corrected chi connectivity index (χ4v) is 2.64. The first-order valence-electron chi connectivity index (χ1n) is 7.94. The highest BCUT2D eigenvalue weighted by Crippen LogP contribution is 2.29. The van der Waals surface area contributed by atoms with Crippen LogP contribution < -0.4 is 15.4 Å². The Morgan fingerprint density at radius 1 is 1.25 bits per heavy atom. The summed E-state index contributed by atoms with van der Waals surface area (Å²) in [5.74, 6) is 0.479. The van der Waals surface area contributed by atoms with Crippen LogP contribution in [-0.2, 0) is 16.0 Å². The Balaban J connectivity index is 1.61. The van der Waals surface area contributed by atoms with E-state index in [1.165, 1.54) is 0 Å². The van der Waals surface area contributed by atoms with Gasteiger partial charge in [-0.15, -0.1) is 0 Å². The highest BCUT2D eigenvalue weighted by molar-refractivity contribution is 5.95. The first kappa shape index (κ1) is 16.1. The van der Waals surface area contributed by atoms with E-state index in [0.29, 0.717) is 24.3 Å². The van der Waals surface area contributed by atoms with Gasteiger partial charge in [-0.1, -0.05) is 18.2 Å². The van der Waals surface area contributed by atoms with E-state index in [-0.39, 0.29) is 18.4 Å². The number of rotatable bonds is 4. The lowest BCUT2D eigenvalue weighted by atomic mass is 10.1. The lowest BCUT2D eigenvalue weighted by Gasteiger charge is -2.18. The third-order valence-corrected chi connectivity index (χ3v) is 4.20. The Hall–Kier alpha value is -2.82. The van der Waals surface area contributed by atoms with Gasteiger partial charge in [-0.3, -0.25) is 9.59 Å². The Bertz CT molecular complexity index is 799. The quantitative estimate of drug-likeness (QED) is 0.907. The van der Waals surface area contributed by atoms with E-state index >= 15 is 0 Å². The molecular formula is C19H20N2O3. The van der Waals surface area contributed by atoms with E-state index in [4.69, 9.17) is 4.74 Å². The van der Waals surface area contributed by atoms with Gasteiger partial charge in [0.1, 0.15) is 5.75 Å². The minimum atomic E-state index is -0.160. The summed E-state index contributed by atoms with van der Waals surface area (Å²) >= 11 is 0. The first-order chi connectivity index (χ1) is 11.5. The molecule has 2 aromatic carbocycles. The highest BCUT2D eigenvalue weighted by atomic mass is 16.5. The SMILES string of the molecule is Cc1cccc(NC(=O)CCc2ccc3c(c2)NC(=O)CO3)c1C. The van der Waals surface area contributed by atoms with Gasteiger partial charge in [0, 0.05) is 12.1 Å². The molecule has 0 atom stereocenters. The van der Waals surface area contributed by atoms with E-state index in [9.17, 15) is 9.59 Å². The number of aryl methyl sites for hydroxylation is 2. The van der Waals surface area contributed by atoms with Crippen LogP contribution in [0.4, 0.5) is 11.4 Å². The molecule has 0 saturated carbocycles. The molecule has 3 rings (SSSR count). The molecule has 0 aromatic heterocycles. The van der Waals surface area contributed by atoms with E-state index < -0.39 is 0 Å². The molecule has 0 radical (unpaired) electrons. The Labute approximate surface area is 141 Å². The molecule has 5 nitrogen and oxygen atoms in total. The molecule has 0 unspecified atom stereocenters. The van der Waals surface area contributed by atoms with Crippen molar-refractivity contribution in [2.45, 2.75) is 26.7 Å². The minimum absolute atomic E-state index is 0.0262. The lowest BCUT2D eigenvalue weighted by Crippen LogP contribution is -2.25. The second-order valence-corrected chi connectivity index (χ2v) is 5.96. The highest BCUT2D eigenvalue weighted by Gasteiger charge is 2.16. The summed E-state index contributed by atoms with van der Waals surface area (Å²) in [7, 11) is 0. The summed E-state index contributed by atoms with van der Waals surface area (Å²) in [5.41, 5.74) is 4.73. The molecule has 124 valence electrons. The number of fused-ring (bicyclic) bond motifs is 1. The zero-order valence-electron chi connectivity index (χ0n) is 13.8. The van der Waals surface area contributed by atoms with Crippen LogP contribution in [0.1, 0.15) is 23.1 Å². The summed E-state index contributed by atoms with van der Waals surface area (Å²) < 4.78 is 5.33. The number of hydrogen-bond donors (Lipinski definition) is 2. The maximum absolute atomic E-state index is 12.2. The molecule has 0 bridgehead atoms. The molecular weight excluding hydrogens is 304 g/mol. The van der Waals surface area contributed by atoms with Gasteiger partial charge in [0.05, 0.1) is 5.69 Å². The van der Waals surface area contributed by atoms with Crippen molar-refractivity contribution in [3.8, 4) is 5.75 Å². The maximum atomic E-state index is 12.2. The summed E-state index contributed by atoms with van der Waals surface area (Å²) in [5, 5.41) is 5.73. The fraction of sp³-hybridized carbons (Fsp3) is 0.263. The molecule has 2 N–H and O–H groups in total. The van der Waals surface area contributed by atoms with Crippen LogP contribution in [0, 0.1) is 13.8 Å². The van der Waals surface area contributed by atoms with Gasteiger partial charge < -0.3 is 15.4 Å². The standard InChI is InChI=1S/C19H20N2O3/c1-12-4-3-5-15(13(12)2)20-18(22)9-7-14-6-8-17-16(10-14)21-19(23)11-24-17/h3-6,8,10H,7,9,11H2,1-2H3,(H,20,22)(H,21,23). The normalized spacial score (nSPS) is 12.8. The number of anilines is 2. The predicted octanol–water partition coefficient (Wildman–Crippen LogP) is 3.21.